The molecule has 2 heterocycles. The maximum atomic E-state index is 12.2. The van der Waals surface area contributed by atoms with E-state index < -0.39 is 0 Å². The summed E-state index contributed by atoms with van der Waals surface area (Å²) in [4.78, 5) is 14.7. The Bertz CT molecular complexity index is 376. The second-order valence-electron chi connectivity index (χ2n) is 7.78. The lowest BCUT2D eigenvalue weighted by Gasteiger charge is -2.35. The molecular formula is C17H31N3O. The van der Waals surface area contributed by atoms with Crippen LogP contribution in [0.3, 0.4) is 0 Å². The minimum Gasteiger partial charge on any atom is -0.353 e. The average Bonchev–Trinajstić information content (AvgIpc) is 3.01. The third kappa shape index (κ3) is 3.26. The van der Waals surface area contributed by atoms with E-state index in [9.17, 15) is 4.79 Å². The molecule has 3 aliphatic rings. The Hall–Kier alpha value is -0.610. The highest BCUT2D eigenvalue weighted by molar-refractivity contribution is 5.76. The highest BCUT2D eigenvalue weighted by atomic mass is 16.1. The SMILES string of the molecule is CC1(C)C2CNCC2CN1CCC(=O)NC1CCCCC1. The molecule has 0 spiro atoms. The summed E-state index contributed by atoms with van der Waals surface area (Å²) in [7, 11) is 0. The number of nitrogens with one attached hydrogen (secondary N) is 2. The zero-order valence-corrected chi connectivity index (χ0v) is 13.7. The van der Waals surface area contributed by atoms with Crippen molar-refractivity contribution in [1.82, 2.24) is 15.5 Å². The van der Waals surface area contributed by atoms with Gasteiger partial charge in [-0.05, 0) is 45.1 Å². The Balaban J connectivity index is 1.45. The van der Waals surface area contributed by atoms with E-state index in [0.29, 0.717) is 12.5 Å². The van der Waals surface area contributed by atoms with Crippen molar-refractivity contribution in [3.63, 3.8) is 0 Å². The van der Waals surface area contributed by atoms with E-state index in [-0.39, 0.29) is 11.4 Å². The fraction of sp³-hybridized carbons (Fsp3) is 0.941. The number of fused-ring (bicyclic) bond motifs is 1. The molecule has 0 aromatic rings. The fourth-order valence-corrected chi connectivity index (χ4v) is 4.67. The number of amides is 1. The molecular weight excluding hydrogens is 262 g/mol. The van der Waals surface area contributed by atoms with Crippen molar-refractivity contribution < 1.29 is 4.79 Å². The zero-order valence-electron chi connectivity index (χ0n) is 13.7. The van der Waals surface area contributed by atoms with Gasteiger partial charge >= 0.3 is 0 Å². The molecule has 2 atom stereocenters. The molecule has 120 valence electrons. The predicted octanol–water partition coefficient (Wildman–Crippen LogP) is 1.76. The molecule has 2 N–H and O–H groups in total. The molecule has 3 fully saturated rings. The molecule has 3 rings (SSSR count). The Morgan fingerprint density at radius 2 is 2.00 bits per heavy atom. The van der Waals surface area contributed by atoms with E-state index in [1.165, 1.54) is 32.1 Å². The summed E-state index contributed by atoms with van der Waals surface area (Å²) in [5.41, 5.74) is 0.235. The summed E-state index contributed by atoms with van der Waals surface area (Å²) in [6.07, 6.45) is 6.91. The molecule has 1 amide bonds. The van der Waals surface area contributed by atoms with Crippen LogP contribution >= 0.6 is 0 Å². The summed E-state index contributed by atoms with van der Waals surface area (Å²) >= 11 is 0. The van der Waals surface area contributed by atoms with Crippen LogP contribution < -0.4 is 10.6 Å². The molecule has 0 aromatic carbocycles. The van der Waals surface area contributed by atoms with Crippen LogP contribution in [0.1, 0.15) is 52.4 Å². The molecule has 0 radical (unpaired) electrons. The van der Waals surface area contributed by atoms with E-state index in [1.807, 2.05) is 0 Å². The van der Waals surface area contributed by atoms with Gasteiger partial charge in [0.2, 0.25) is 5.91 Å². The first-order chi connectivity index (χ1) is 10.1. The van der Waals surface area contributed by atoms with Crippen LogP contribution in [0.5, 0.6) is 0 Å². The third-order valence-electron chi connectivity index (χ3n) is 6.10. The summed E-state index contributed by atoms with van der Waals surface area (Å²) in [6.45, 7) is 9.06. The molecule has 0 aromatic heterocycles. The molecule has 2 aliphatic heterocycles. The first-order valence-electron chi connectivity index (χ1n) is 8.82. The van der Waals surface area contributed by atoms with Gasteiger partial charge in [-0.25, -0.2) is 0 Å². The molecule has 4 heteroatoms. The molecule has 2 saturated heterocycles. The largest absolute Gasteiger partial charge is 0.353 e. The highest BCUT2D eigenvalue weighted by Crippen LogP contribution is 2.40. The zero-order chi connectivity index (χ0) is 14.9. The Labute approximate surface area is 129 Å². The van der Waals surface area contributed by atoms with Crippen LogP contribution in [0.4, 0.5) is 0 Å². The maximum Gasteiger partial charge on any atom is 0.221 e. The number of carbonyl (C=O) groups is 1. The van der Waals surface area contributed by atoms with Gasteiger partial charge < -0.3 is 10.6 Å². The monoisotopic (exact) mass is 293 g/mol. The lowest BCUT2D eigenvalue weighted by atomic mass is 9.85. The summed E-state index contributed by atoms with van der Waals surface area (Å²) in [6, 6.07) is 0.446. The Morgan fingerprint density at radius 3 is 2.71 bits per heavy atom. The predicted molar refractivity (Wildman–Crippen MR) is 85.1 cm³/mol. The number of hydrogen-bond donors (Lipinski definition) is 2. The van der Waals surface area contributed by atoms with Crippen LogP contribution in [-0.4, -0.2) is 48.6 Å². The third-order valence-corrected chi connectivity index (χ3v) is 6.10. The first kappa shape index (κ1) is 15.3. The maximum absolute atomic E-state index is 12.2. The van der Waals surface area contributed by atoms with E-state index >= 15 is 0 Å². The Kier molecular flexibility index (Phi) is 4.55. The standard InChI is InChI=1S/C17H31N3O/c1-17(2)15-11-18-10-13(15)12-20(17)9-8-16(21)19-14-6-4-3-5-7-14/h13-15,18H,3-12H2,1-2H3,(H,19,21). The minimum absolute atomic E-state index is 0.235. The second-order valence-corrected chi connectivity index (χ2v) is 7.78. The molecule has 21 heavy (non-hydrogen) atoms. The van der Waals surface area contributed by atoms with Gasteiger partial charge in [-0.3, -0.25) is 9.69 Å². The van der Waals surface area contributed by atoms with Gasteiger partial charge in [-0.2, -0.15) is 0 Å². The minimum atomic E-state index is 0.235. The van der Waals surface area contributed by atoms with Gasteiger partial charge in [0, 0.05) is 37.6 Å². The molecule has 4 nitrogen and oxygen atoms in total. The first-order valence-corrected chi connectivity index (χ1v) is 8.82. The van der Waals surface area contributed by atoms with Gasteiger partial charge in [0.25, 0.3) is 0 Å². The number of nitrogens with zero attached hydrogens (tertiary/aromatic N) is 1. The summed E-state index contributed by atoms with van der Waals surface area (Å²) < 4.78 is 0. The average molecular weight is 293 g/mol. The number of carbonyl (C=O) groups excluding carboxylic acids is 1. The van der Waals surface area contributed by atoms with E-state index in [2.05, 4.69) is 29.4 Å². The van der Waals surface area contributed by atoms with Crippen molar-refractivity contribution in [1.29, 1.82) is 0 Å². The van der Waals surface area contributed by atoms with Crippen molar-refractivity contribution >= 4 is 5.91 Å². The molecule has 1 aliphatic carbocycles. The van der Waals surface area contributed by atoms with Gasteiger partial charge in [-0.15, -0.1) is 0 Å². The van der Waals surface area contributed by atoms with Crippen LogP contribution in [0.2, 0.25) is 0 Å². The highest BCUT2D eigenvalue weighted by Gasteiger charge is 2.49. The topological polar surface area (TPSA) is 44.4 Å². The van der Waals surface area contributed by atoms with Gasteiger partial charge in [0.15, 0.2) is 0 Å². The fourth-order valence-electron chi connectivity index (χ4n) is 4.67. The normalized spacial score (nSPS) is 33.0. The van der Waals surface area contributed by atoms with Crippen molar-refractivity contribution in [2.75, 3.05) is 26.2 Å². The molecule has 2 unspecified atom stereocenters. The lowest BCUT2D eigenvalue weighted by Crippen LogP contribution is -2.46. The van der Waals surface area contributed by atoms with Crippen molar-refractivity contribution in [2.45, 2.75) is 64.0 Å². The van der Waals surface area contributed by atoms with Crippen molar-refractivity contribution in [3.05, 3.63) is 0 Å². The number of hydrogen-bond acceptors (Lipinski definition) is 3. The van der Waals surface area contributed by atoms with Gasteiger partial charge in [0.05, 0.1) is 0 Å². The Morgan fingerprint density at radius 1 is 1.24 bits per heavy atom. The van der Waals surface area contributed by atoms with Crippen molar-refractivity contribution in [3.8, 4) is 0 Å². The summed E-state index contributed by atoms with van der Waals surface area (Å²) in [5, 5.41) is 6.76. The molecule has 0 bridgehead atoms. The van der Waals surface area contributed by atoms with E-state index in [1.54, 1.807) is 0 Å². The smallest absolute Gasteiger partial charge is 0.221 e. The van der Waals surface area contributed by atoms with Crippen molar-refractivity contribution in [2.24, 2.45) is 11.8 Å². The van der Waals surface area contributed by atoms with Crippen LogP contribution in [-0.2, 0) is 4.79 Å². The second kappa shape index (κ2) is 6.25. The van der Waals surface area contributed by atoms with E-state index in [0.717, 1.165) is 38.0 Å². The summed E-state index contributed by atoms with van der Waals surface area (Å²) in [5.74, 6) is 1.79. The van der Waals surface area contributed by atoms with Gasteiger partial charge in [-0.1, -0.05) is 19.3 Å². The van der Waals surface area contributed by atoms with Crippen LogP contribution in [0, 0.1) is 11.8 Å². The van der Waals surface area contributed by atoms with E-state index in [4.69, 9.17) is 0 Å². The number of rotatable bonds is 4. The van der Waals surface area contributed by atoms with Crippen LogP contribution in [0.25, 0.3) is 0 Å². The van der Waals surface area contributed by atoms with Crippen LogP contribution in [0.15, 0.2) is 0 Å². The lowest BCUT2D eigenvalue weighted by molar-refractivity contribution is -0.122. The molecule has 1 saturated carbocycles. The number of likely N-dealkylation sites (tertiary alicyclic amines) is 1. The quantitative estimate of drug-likeness (QED) is 0.830. The van der Waals surface area contributed by atoms with Gasteiger partial charge in [0.1, 0.15) is 0 Å².